The molecule has 108 valence electrons. The van der Waals surface area contributed by atoms with Gasteiger partial charge in [0.1, 0.15) is 5.75 Å². The Kier molecular flexibility index (Phi) is 5.91. The highest BCUT2D eigenvalue weighted by atomic mass is 79.9. The molecule has 0 bridgehead atoms. The molecule has 0 unspecified atom stereocenters. The second-order valence-corrected chi connectivity index (χ2v) is 4.89. The molecule has 19 heavy (non-hydrogen) atoms. The second-order valence-electron chi connectivity index (χ2n) is 3.98. The first-order chi connectivity index (χ1) is 8.44. The summed E-state index contributed by atoms with van der Waals surface area (Å²) in [4.78, 5) is 0. The smallest absolute Gasteiger partial charge is 0.406 e. The number of nitrogens with one attached hydrogen (secondary N) is 2. The van der Waals surface area contributed by atoms with E-state index in [4.69, 9.17) is 0 Å². The summed E-state index contributed by atoms with van der Waals surface area (Å²) in [5, 5.41) is 6.41. The minimum absolute atomic E-state index is 0. The Labute approximate surface area is 123 Å². The molecule has 0 saturated carbocycles. The van der Waals surface area contributed by atoms with Crippen molar-refractivity contribution < 1.29 is 17.9 Å². The molecule has 2 rings (SSSR count). The van der Waals surface area contributed by atoms with Crippen LogP contribution in [-0.2, 0) is 0 Å². The molecule has 8 heteroatoms. The Hall–Kier alpha value is -0.500. The molecule has 1 atom stereocenters. The van der Waals surface area contributed by atoms with Crippen LogP contribution in [0.2, 0.25) is 0 Å². The highest BCUT2D eigenvalue weighted by Crippen LogP contribution is 2.29. The Balaban J connectivity index is 0.00000180. The predicted molar refractivity (Wildman–Crippen MR) is 71.7 cm³/mol. The van der Waals surface area contributed by atoms with Gasteiger partial charge in [-0.3, -0.25) is 0 Å². The lowest BCUT2D eigenvalue weighted by molar-refractivity contribution is -0.274. The molecule has 1 saturated heterocycles. The van der Waals surface area contributed by atoms with Crippen molar-refractivity contribution in [2.45, 2.75) is 12.4 Å². The summed E-state index contributed by atoms with van der Waals surface area (Å²) in [6, 6.07) is 4.48. The fraction of sp³-hybridized carbons (Fsp3) is 0.455. The zero-order valence-electron chi connectivity index (χ0n) is 9.76. The predicted octanol–water partition coefficient (Wildman–Crippen LogP) is 3.00. The van der Waals surface area contributed by atoms with E-state index in [-0.39, 0.29) is 24.2 Å². The summed E-state index contributed by atoms with van der Waals surface area (Å²) in [7, 11) is 0. The molecule has 0 aromatic heterocycles. The maximum atomic E-state index is 12.2. The van der Waals surface area contributed by atoms with Gasteiger partial charge >= 0.3 is 6.36 Å². The fourth-order valence-corrected chi connectivity index (χ4v) is 2.36. The van der Waals surface area contributed by atoms with Gasteiger partial charge < -0.3 is 15.4 Å². The van der Waals surface area contributed by atoms with Gasteiger partial charge in [0.05, 0.1) is 0 Å². The number of alkyl halides is 3. The van der Waals surface area contributed by atoms with Crippen molar-refractivity contribution in [3.8, 4) is 5.75 Å². The molecular formula is C11H13BrClF3N2O. The number of rotatable bonds is 2. The van der Waals surface area contributed by atoms with E-state index in [9.17, 15) is 13.2 Å². The van der Waals surface area contributed by atoms with Crippen LogP contribution in [-0.4, -0.2) is 26.0 Å². The largest absolute Gasteiger partial charge is 0.573 e. The van der Waals surface area contributed by atoms with Gasteiger partial charge in [-0.15, -0.1) is 25.6 Å². The quantitative estimate of drug-likeness (QED) is 0.850. The number of piperazine rings is 1. The van der Waals surface area contributed by atoms with E-state index in [1.54, 1.807) is 6.07 Å². The van der Waals surface area contributed by atoms with Gasteiger partial charge in [0.15, 0.2) is 0 Å². The molecule has 0 aliphatic carbocycles. The van der Waals surface area contributed by atoms with Crippen molar-refractivity contribution in [3.63, 3.8) is 0 Å². The Bertz CT molecular complexity index is 425. The lowest BCUT2D eigenvalue weighted by Gasteiger charge is -2.25. The van der Waals surface area contributed by atoms with E-state index in [1.807, 2.05) is 0 Å². The molecule has 1 aromatic rings. The third-order valence-electron chi connectivity index (χ3n) is 2.57. The Morgan fingerprint density at radius 1 is 1.21 bits per heavy atom. The van der Waals surface area contributed by atoms with E-state index in [0.29, 0.717) is 11.0 Å². The van der Waals surface area contributed by atoms with Crippen molar-refractivity contribution in [1.82, 2.24) is 10.6 Å². The summed E-state index contributed by atoms with van der Waals surface area (Å²) in [5.74, 6) is -0.209. The van der Waals surface area contributed by atoms with Gasteiger partial charge in [-0.1, -0.05) is 15.9 Å². The average molecular weight is 362 g/mol. The normalized spacial score (nSPS) is 19.7. The average Bonchev–Trinajstić information content (AvgIpc) is 2.27. The fourth-order valence-electron chi connectivity index (χ4n) is 1.87. The van der Waals surface area contributed by atoms with E-state index < -0.39 is 6.36 Å². The summed E-state index contributed by atoms with van der Waals surface area (Å²) in [6.45, 7) is 2.32. The minimum atomic E-state index is -4.67. The lowest BCUT2D eigenvalue weighted by atomic mass is 10.1. The van der Waals surface area contributed by atoms with Crippen LogP contribution in [0.5, 0.6) is 5.75 Å². The minimum Gasteiger partial charge on any atom is -0.406 e. The van der Waals surface area contributed by atoms with Gasteiger partial charge in [-0.05, 0) is 23.8 Å². The van der Waals surface area contributed by atoms with Crippen LogP contribution in [0.25, 0.3) is 0 Å². The lowest BCUT2D eigenvalue weighted by Crippen LogP contribution is -2.42. The Morgan fingerprint density at radius 2 is 1.95 bits per heavy atom. The van der Waals surface area contributed by atoms with Gasteiger partial charge in [0, 0.05) is 30.1 Å². The maximum absolute atomic E-state index is 12.2. The molecule has 2 N–H and O–H groups in total. The Morgan fingerprint density at radius 3 is 2.53 bits per heavy atom. The third kappa shape index (κ3) is 5.18. The summed E-state index contributed by atoms with van der Waals surface area (Å²) in [5.41, 5.74) is 0.760. The van der Waals surface area contributed by atoms with Crippen LogP contribution >= 0.6 is 28.3 Å². The molecule has 0 spiro atoms. The van der Waals surface area contributed by atoms with Crippen LogP contribution in [0.1, 0.15) is 11.6 Å². The van der Waals surface area contributed by atoms with Crippen molar-refractivity contribution in [2.24, 2.45) is 0 Å². The van der Waals surface area contributed by atoms with E-state index in [0.717, 1.165) is 18.7 Å². The zero-order chi connectivity index (χ0) is 13.2. The maximum Gasteiger partial charge on any atom is 0.573 e. The van der Waals surface area contributed by atoms with Crippen molar-refractivity contribution in [2.75, 3.05) is 19.6 Å². The number of ether oxygens (including phenoxy) is 1. The molecule has 1 aromatic carbocycles. The first-order valence-corrected chi connectivity index (χ1v) is 6.24. The number of hydrogen-bond acceptors (Lipinski definition) is 3. The summed E-state index contributed by atoms with van der Waals surface area (Å²) >= 11 is 3.19. The van der Waals surface area contributed by atoms with Crippen molar-refractivity contribution in [1.29, 1.82) is 0 Å². The molecule has 1 aliphatic heterocycles. The van der Waals surface area contributed by atoms with Crippen LogP contribution in [0, 0.1) is 0 Å². The van der Waals surface area contributed by atoms with E-state index >= 15 is 0 Å². The molecule has 1 aliphatic rings. The monoisotopic (exact) mass is 360 g/mol. The van der Waals surface area contributed by atoms with E-state index in [1.165, 1.54) is 12.1 Å². The molecular weight excluding hydrogens is 348 g/mol. The topological polar surface area (TPSA) is 33.3 Å². The molecule has 0 amide bonds. The van der Waals surface area contributed by atoms with Crippen LogP contribution < -0.4 is 15.4 Å². The van der Waals surface area contributed by atoms with Gasteiger partial charge in [0.25, 0.3) is 0 Å². The van der Waals surface area contributed by atoms with Gasteiger partial charge in [-0.25, -0.2) is 0 Å². The number of benzene rings is 1. The molecule has 3 nitrogen and oxygen atoms in total. The highest BCUT2D eigenvalue weighted by molar-refractivity contribution is 9.10. The molecule has 1 fully saturated rings. The van der Waals surface area contributed by atoms with Crippen LogP contribution in [0.4, 0.5) is 13.2 Å². The first-order valence-electron chi connectivity index (χ1n) is 5.44. The van der Waals surface area contributed by atoms with Crippen LogP contribution in [0.15, 0.2) is 22.7 Å². The van der Waals surface area contributed by atoms with Crippen LogP contribution in [0.3, 0.4) is 0 Å². The second kappa shape index (κ2) is 6.78. The third-order valence-corrected chi connectivity index (χ3v) is 3.03. The van der Waals surface area contributed by atoms with Gasteiger partial charge in [-0.2, -0.15) is 0 Å². The number of halogens is 5. The summed E-state index contributed by atoms with van der Waals surface area (Å²) in [6.07, 6.45) is -4.67. The summed E-state index contributed by atoms with van der Waals surface area (Å²) < 4.78 is 41.0. The molecule has 1 heterocycles. The first kappa shape index (κ1) is 16.6. The molecule has 0 radical (unpaired) electrons. The van der Waals surface area contributed by atoms with Crippen molar-refractivity contribution >= 4 is 28.3 Å². The van der Waals surface area contributed by atoms with Crippen molar-refractivity contribution in [3.05, 3.63) is 28.2 Å². The standard InChI is InChI=1S/C11H12BrF3N2O.ClH/c12-8-3-7(10-6-16-1-2-17-10)4-9(5-8)18-11(13,14)15;/h3-5,10,16-17H,1-2,6H2;1H/t10-;/m0./s1. The SMILES string of the molecule is Cl.FC(F)(F)Oc1cc(Br)cc([C@@H]2CNCCN2)c1. The van der Waals surface area contributed by atoms with Gasteiger partial charge in [0.2, 0.25) is 0 Å². The number of hydrogen-bond donors (Lipinski definition) is 2. The van der Waals surface area contributed by atoms with E-state index in [2.05, 4.69) is 31.3 Å². The highest BCUT2D eigenvalue weighted by Gasteiger charge is 2.31. The zero-order valence-corrected chi connectivity index (χ0v) is 12.2.